The van der Waals surface area contributed by atoms with E-state index >= 15 is 0 Å². The lowest BCUT2D eigenvalue weighted by molar-refractivity contribution is -0.142. The van der Waals surface area contributed by atoms with E-state index in [0.717, 1.165) is 0 Å². The molecule has 0 N–H and O–H groups in total. The van der Waals surface area contributed by atoms with Crippen LogP contribution in [0.2, 0.25) is 5.02 Å². The molecule has 0 spiro atoms. The molecule has 158 valence electrons. The van der Waals surface area contributed by atoms with E-state index in [2.05, 4.69) is 9.72 Å². The number of rotatable bonds is 7. The van der Waals surface area contributed by atoms with Gasteiger partial charge in [0.2, 0.25) is 0 Å². The van der Waals surface area contributed by atoms with Gasteiger partial charge in [-0.25, -0.2) is 9.18 Å². The van der Waals surface area contributed by atoms with Gasteiger partial charge >= 0.3 is 12.6 Å². The second-order valence-corrected chi connectivity index (χ2v) is 6.73. The molecule has 0 saturated heterocycles. The van der Waals surface area contributed by atoms with Crippen LogP contribution in [-0.4, -0.2) is 31.3 Å². The van der Waals surface area contributed by atoms with Crippen molar-refractivity contribution in [2.75, 3.05) is 13.7 Å². The first kappa shape index (κ1) is 21.7. The summed E-state index contributed by atoms with van der Waals surface area (Å²) in [6.45, 7) is -1.94. The molecule has 1 aromatic heterocycles. The Morgan fingerprint density at radius 3 is 2.50 bits per heavy atom. The SMILES string of the molecule is COC(=O)COc1ccc(Cl)c2nc(C)c(Cc3ccc(F)cc3)c(OC(F)F)c12. The van der Waals surface area contributed by atoms with Gasteiger partial charge in [0.1, 0.15) is 17.3 Å². The predicted octanol–water partition coefficient (Wildman–Crippen LogP) is 5.08. The van der Waals surface area contributed by atoms with Crippen molar-refractivity contribution in [3.05, 3.63) is 64.1 Å². The molecule has 0 amide bonds. The van der Waals surface area contributed by atoms with E-state index in [9.17, 15) is 18.0 Å². The summed E-state index contributed by atoms with van der Waals surface area (Å²) >= 11 is 6.24. The van der Waals surface area contributed by atoms with Gasteiger partial charge in [-0.15, -0.1) is 0 Å². The molecule has 3 rings (SSSR count). The molecule has 0 atom stereocenters. The van der Waals surface area contributed by atoms with Crippen LogP contribution in [0.25, 0.3) is 10.9 Å². The van der Waals surface area contributed by atoms with Gasteiger partial charge in [-0.1, -0.05) is 23.7 Å². The van der Waals surface area contributed by atoms with Crippen LogP contribution in [0.4, 0.5) is 13.2 Å². The number of fused-ring (bicyclic) bond motifs is 1. The van der Waals surface area contributed by atoms with Crippen molar-refractivity contribution in [2.24, 2.45) is 0 Å². The Labute approximate surface area is 175 Å². The number of nitrogens with zero attached hydrogens (tertiary/aromatic N) is 1. The number of aromatic nitrogens is 1. The highest BCUT2D eigenvalue weighted by molar-refractivity contribution is 6.35. The van der Waals surface area contributed by atoms with Gasteiger partial charge in [0, 0.05) is 17.7 Å². The number of esters is 1. The molecular formula is C21H17ClF3NO4. The van der Waals surface area contributed by atoms with E-state index in [4.69, 9.17) is 21.1 Å². The molecular weight excluding hydrogens is 423 g/mol. The minimum absolute atomic E-state index is 0.0864. The summed E-state index contributed by atoms with van der Waals surface area (Å²) in [5.41, 5.74) is 1.63. The molecule has 0 fully saturated rings. The molecule has 1 heterocycles. The average Bonchev–Trinajstić information content (AvgIpc) is 2.71. The van der Waals surface area contributed by atoms with Crippen molar-refractivity contribution in [3.63, 3.8) is 0 Å². The summed E-state index contributed by atoms with van der Waals surface area (Å²) < 4.78 is 54.7. The lowest BCUT2D eigenvalue weighted by atomic mass is 9.99. The second kappa shape index (κ2) is 9.21. The van der Waals surface area contributed by atoms with Crippen LogP contribution in [0.15, 0.2) is 36.4 Å². The first-order valence-corrected chi connectivity index (χ1v) is 9.18. The number of carbonyl (C=O) groups is 1. The minimum atomic E-state index is -3.13. The maximum Gasteiger partial charge on any atom is 0.387 e. The molecule has 9 heteroatoms. The summed E-state index contributed by atoms with van der Waals surface area (Å²) in [6, 6.07) is 8.54. The van der Waals surface area contributed by atoms with E-state index in [-0.39, 0.29) is 33.8 Å². The molecule has 0 aliphatic heterocycles. The molecule has 0 radical (unpaired) electrons. The first-order chi connectivity index (χ1) is 14.3. The normalized spacial score (nSPS) is 11.0. The smallest absolute Gasteiger partial charge is 0.387 e. The van der Waals surface area contributed by atoms with Gasteiger partial charge in [0.05, 0.1) is 23.0 Å². The van der Waals surface area contributed by atoms with Crippen molar-refractivity contribution in [1.82, 2.24) is 4.98 Å². The number of alkyl halides is 2. The average molecular weight is 440 g/mol. The van der Waals surface area contributed by atoms with Gasteiger partial charge in [-0.05, 0) is 36.8 Å². The van der Waals surface area contributed by atoms with E-state index in [1.54, 1.807) is 6.92 Å². The summed E-state index contributed by atoms with van der Waals surface area (Å²) in [4.78, 5) is 15.9. The Bertz CT molecular complexity index is 1070. The van der Waals surface area contributed by atoms with Crippen molar-refractivity contribution < 1.29 is 32.2 Å². The molecule has 0 saturated carbocycles. The highest BCUT2D eigenvalue weighted by Crippen LogP contribution is 2.41. The van der Waals surface area contributed by atoms with E-state index in [0.29, 0.717) is 16.8 Å². The van der Waals surface area contributed by atoms with E-state index in [1.807, 2.05) is 0 Å². The number of hydrogen-bond acceptors (Lipinski definition) is 5. The number of benzene rings is 2. The van der Waals surface area contributed by atoms with Gasteiger partial charge in [0.15, 0.2) is 6.61 Å². The fourth-order valence-corrected chi connectivity index (χ4v) is 3.18. The quantitative estimate of drug-likeness (QED) is 0.480. The lowest BCUT2D eigenvalue weighted by Crippen LogP contribution is -2.14. The third-order valence-corrected chi connectivity index (χ3v) is 4.69. The number of aryl methyl sites for hydroxylation is 1. The fraction of sp³-hybridized carbons (Fsp3) is 0.238. The lowest BCUT2D eigenvalue weighted by Gasteiger charge is -2.19. The maximum absolute atomic E-state index is 13.3. The molecule has 5 nitrogen and oxygen atoms in total. The van der Waals surface area contributed by atoms with Crippen molar-refractivity contribution >= 4 is 28.5 Å². The summed E-state index contributed by atoms with van der Waals surface area (Å²) in [5, 5.41) is 0.306. The Hall–Kier alpha value is -3.00. The van der Waals surface area contributed by atoms with Gasteiger partial charge < -0.3 is 14.2 Å². The Kier molecular flexibility index (Phi) is 6.66. The molecule has 0 unspecified atom stereocenters. The molecule has 0 aliphatic carbocycles. The largest absolute Gasteiger partial charge is 0.481 e. The molecule has 3 aromatic rings. The number of carbonyl (C=O) groups excluding carboxylic acids is 1. The van der Waals surface area contributed by atoms with Crippen LogP contribution in [-0.2, 0) is 16.0 Å². The number of ether oxygens (including phenoxy) is 3. The first-order valence-electron chi connectivity index (χ1n) is 8.80. The van der Waals surface area contributed by atoms with Crippen LogP contribution >= 0.6 is 11.6 Å². The standard InChI is InChI=1S/C21H17ClF3NO4/c1-11-14(9-12-3-5-13(23)6-4-12)20(30-21(24)25)18-16(29-10-17(27)28-2)8-7-15(22)19(18)26-11/h3-8,21H,9-10H2,1-2H3. The zero-order chi connectivity index (χ0) is 21.8. The molecule has 0 aliphatic rings. The highest BCUT2D eigenvalue weighted by Gasteiger charge is 2.23. The van der Waals surface area contributed by atoms with Crippen LogP contribution < -0.4 is 9.47 Å². The number of hydrogen-bond donors (Lipinski definition) is 0. The van der Waals surface area contributed by atoms with Crippen LogP contribution in [0, 0.1) is 12.7 Å². The Morgan fingerprint density at radius 1 is 1.17 bits per heavy atom. The topological polar surface area (TPSA) is 57.7 Å². The molecule has 0 bridgehead atoms. The summed E-state index contributed by atoms with van der Waals surface area (Å²) in [6.07, 6.45) is 0.153. The molecule has 30 heavy (non-hydrogen) atoms. The number of pyridine rings is 1. The third kappa shape index (κ3) is 4.76. The van der Waals surface area contributed by atoms with Crippen LogP contribution in [0.1, 0.15) is 16.8 Å². The highest BCUT2D eigenvalue weighted by atomic mass is 35.5. The zero-order valence-electron chi connectivity index (χ0n) is 16.0. The predicted molar refractivity (Wildman–Crippen MR) is 105 cm³/mol. The maximum atomic E-state index is 13.3. The third-order valence-electron chi connectivity index (χ3n) is 4.38. The second-order valence-electron chi connectivity index (χ2n) is 6.32. The zero-order valence-corrected chi connectivity index (χ0v) is 16.8. The van der Waals surface area contributed by atoms with Crippen molar-refractivity contribution in [1.29, 1.82) is 0 Å². The monoisotopic (exact) mass is 439 g/mol. The van der Waals surface area contributed by atoms with Crippen LogP contribution in [0.5, 0.6) is 11.5 Å². The Morgan fingerprint density at radius 2 is 1.87 bits per heavy atom. The minimum Gasteiger partial charge on any atom is -0.481 e. The van der Waals surface area contributed by atoms with E-state index in [1.165, 1.54) is 43.5 Å². The van der Waals surface area contributed by atoms with E-state index < -0.39 is 25.0 Å². The van der Waals surface area contributed by atoms with Crippen LogP contribution in [0.3, 0.4) is 0 Å². The number of halogens is 4. The van der Waals surface area contributed by atoms with Gasteiger partial charge in [-0.2, -0.15) is 8.78 Å². The van der Waals surface area contributed by atoms with Crippen molar-refractivity contribution in [3.8, 4) is 11.5 Å². The summed E-state index contributed by atoms with van der Waals surface area (Å²) in [7, 11) is 1.20. The number of methoxy groups -OCH3 is 1. The van der Waals surface area contributed by atoms with Gasteiger partial charge in [0.25, 0.3) is 0 Å². The fourth-order valence-electron chi connectivity index (χ4n) is 2.98. The summed E-state index contributed by atoms with van der Waals surface area (Å²) in [5.74, 6) is -1.15. The van der Waals surface area contributed by atoms with Crippen molar-refractivity contribution in [2.45, 2.75) is 20.0 Å². The van der Waals surface area contributed by atoms with Gasteiger partial charge in [-0.3, -0.25) is 4.98 Å². The Balaban J connectivity index is 2.20. The molecule has 2 aromatic carbocycles.